The summed E-state index contributed by atoms with van der Waals surface area (Å²) in [5, 5.41) is 10.9. The predicted molar refractivity (Wildman–Crippen MR) is 144 cm³/mol. The van der Waals surface area contributed by atoms with Gasteiger partial charge in [-0.05, 0) is 37.5 Å². The Labute approximate surface area is 230 Å². The molecule has 0 aliphatic carbocycles. The van der Waals surface area contributed by atoms with Crippen molar-refractivity contribution in [1.29, 1.82) is 0 Å². The molecule has 1 unspecified atom stereocenters. The Hall–Kier alpha value is -4.80. The number of amides is 1. The molecular weight excluding hydrogens is 514 g/mol. The van der Waals surface area contributed by atoms with E-state index in [0.717, 1.165) is 5.56 Å². The first-order valence-electron chi connectivity index (χ1n) is 12.8. The van der Waals surface area contributed by atoms with Gasteiger partial charge in [0.2, 0.25) is 24.4 Å². The molecular formula is C29H29N5O6. The summed E-state index contributed by atoms with van der Waals surface area (Å²) in [6.07, 6.45) is 1.40. The number of rotatable bonds is 9. The molecule has 1 aliphatic heterocycles. The van der Waals surface area contributed by atoms with Gasteiger partial charge in [0, 0.05) is 17.8 Å². The first kappa shape index (κ1) is 26.8. The lowest BCUT2D eigenvalue weighted by Crippen LogP contribution is -2.46. The van der Waals surface area contributed by atoms with Gasteiger partial charge in [0.05, 0.1) is 11.5 Å². The third kappa shape index (κ3) is 5.22. The lowest BCUT2D eigenvalue weighted by molar-refractivity contribution is -0.122. The third-order valence-electron chi connectivity index (χ3n) is 6.80. The lowest BCUT2D eigenvalue weighted by atomic mass is 9.84. The topological polar surface area (TPSA) is 138 Å². The monoisotopic (exact) mass is 543 g/mol. The summed E-state index contributed by atoms with van der Waals surface area (Å²) >= 11 is 0. The van der Waals surface area contributed by atoms with E-state index in [1.54, 1.807) is 26.0 Å². The van der Waals surface area contributed by atoms with Gasteiger partial charge in [-0.25, -0.2) is 4.98 Å². The predicted octanol–water partition coefficient (Wildman–Crippen LogP) is 3.37. The minimum absolute atomic E-state index is 0.156. The first-order valence-corrected chi connectivity index (χ1v) is 12.8. The van der Waals surface area contributed by atoms with E-state index in [4.69, 9.17) is 13.9 Å². The number of benzene rings is 2. The Balaban J connectivity index is 1.34. The van der Waals surface area contributed by atoms with Gasteiger partial charge in [-0.3, -0.25) is 19.0 Å². The standard InChI is InChI=1S/C29H29N5O6/c1-17(2)24(31-22(35)15-34-23(36)12-13-30-26(34)18-8-6-5-7-9-18)25(37)27-32-33-28(40-27)29(3,4)19-10-11-20-21(14-19)39-16-38-20/h5-14,17,24H,15-16H2,1-4H3,(H,31,35). The molecule has 1 amide bonds. The molecule has 1 aliphatic rings. The lowest BCUT2D eigenvalue weighted by Gasteiger charge is -2.21. The molecule has 11 heteroatoms. The molecule has 2 aromatic carbocycles. The second kappa shape index (κ2) is 10.8. The number of carbonyl (C=O) groups excluding carboxylic acids is 2. The number of aromatic nitrogens is 4. The normalized spacial score (nSPS) is 13.3. The molecule has 0 saturated heterocycles. The van der Waals surface area contributed by atoms with Crippen molar-refractivity contribution in [3.63, 3.8) is 0 Å². The number of ketones is 1. The van der Waals surface area contributed by atoms with E-state index in [1.165, 1.54) is 16.8 Å². The number of ether oxygens (including phenoxy) is 2. The van der Waals surface area contributed by atoms with Crippen LogP contribution in [-0.2, 0) is 16.8 Å². The quantitative estimate of drug-likeness (QED) is 0.315. The van der Waals surface area contributed by atoms with Gasteiger partial charge in [-0.15, -0.1) is 10.2 Å². The van der Waals surface area contributed by atoms with Gasteiger partial charge >= 0.3 is 0 Å². The highest BCUT2D eigenvalue weighted by atomic mass is 16.7. The highest BCUT2D eigenvalue weighted by molar-refractivity contribution is 5.98. The first-order chi connectivity index (χ1) is 19.1. The van der Waals surface area contributed by atoms with Crippen molar-refractivity contribution in [2.24, 2.45) is 5.92 Å². The summed E-state index contributed by atoms with van der Waals surface area (Å²) in [6.45, 7) is 7.21. The van der Waals surface area contributed by atoms with Gasteiger partial charge in [0.1, 0.15) is 12.4 Å². The highest BCUT2D eigenvalue weighted by Gasteiger charge is 2.35. The van der Waals surface area contributed by atoms with Gasteiger partial charge in [-0.2, -0.15) is 0 Å². The van der Waals surface area contributed by atoms with E-state index in [-0.39, 0.29) is 36.6 Å². The highest BCUT2D eigenvalue weighted by Crippen LogP contribution is 2.38. The zero-order valence-electron chi connectivity index (χ0n) is 22.6. The van der Waals surface area contributed by atoms with Crippen LogP contribution in [-0.4, -0.2) is 44.3 Å². The van der Waals surface area contributed by atoms with Crippen LogP contribution in [0.15, 0.2) is 70.0 Å². The number of fused-ring (bicyclic) bond motifs is 1. The number of carbonyl (C=O) groups is 2. The second-order valence-corrected chi connectivity index (χ2v) is 10.3. The van der Waals surface area contributed by atoms with Crippen LogP contribution in [0.25, 0.3) is 11.4 Å². The molecule has 0 radical (unpaired) electrons. The molecule has 5 rings (SSSR count). The Morgan fingerprint density at radius 1 is 1.02 bits per heavy atom. The summed E-state index contributed by atoms with van der Waals surface area (Å²) in [4.78, 5) is 43.5. The summed E-state index contributed by atoms with van der Waals surface area (Å²) in [5.41, 5.74) is 0.402. The van der Waals surface area contributed by atoms with Crippen molar-refractivity contribution < 1.29 is 23.5 Å². The molecule has 206 valence electrons. The summed E-state index contributed by atoms with van der Waals surface area (Å²) in [7, 11) is 0. The minimum atomic E-state index is -0.956. The van der Waals surface area contributed by atoms with E-state index in [9.17, 15) is 14.4 Å². The molecule has 0 bridgehead atoms. The number of Topliss-reactive ketones (excluding diaryl/α,β-unsaturated/α-hetero) is 1. The Morgan fingerprint density at radius 2 is 1.77 bits per heavy atom. The maximum absolute atomic E-state index is 13.4. The van der Waals surface area contributed by atoms with Crippen molar-refractivity contribution in [2.75, 3.05) is 6.79 Å². The molecule has 2 aromatic heterocycles. The molecule has 0 saturated carbocycles. The largest absolute Gasteiger partial charge is 0.454 e. The number of hydrogen-bond donors (Lipinski definition) is 1. The van der Waals surface area contributed by atoms with Crippen molar-refractivity contribution in [2.45, 2.75) is 45.7 Å². The minimum Gasteiger partial charge on any atom is -0.454 e. The Kier molecular flexibility index (Phi) is 7.20. The van der Waals surface area contributed by atoms with Crippen LogP contribution in [0.4, 0.5) is 0 Å². The van der Waals surface area contributed by atoms with Crippen LogP contribution in [0, 0.1) is 5.92 Å². The van der Waals surface area contributed by atoms with Crippen LogP contribution in [0.2, 0.25) is 0 Å². The van der Waals surface area contributed by atoms with Gasteiger partial charge in [0.25, 0.3) is 11.4 Å². The summed E-state index contributed by atoms with van der Waals surface area (Å²) in [6, 6.07) is 14.9. The van der Waals surface area contributed by atoms with E-state index < -0.39 is 23.1 Å². The van der Waals surface area contributed by atoms with Gasteiger partial charge < -0.3 is 19.2 Å². The molecule has 1 N–H and O–H groups in total. The van der Waals surface area contributed by atoms with Crippen LogP contribution in [0.1, 0.15) is 49.8 Å². The summed E-state index contributed by atoms with van der Waals surface area (Å²) < 4.78 is 18.0. The van der Waals surface area contributed by atoms with E-state index in [1.807, 2.05) is 50.2 Å². The fourth-order valence-corrected chi connectivity index (χ4v) is 4.42. The van der Waals surface area contributed by atoms with Crippen LogP contribution in [0.5, 0.6) is 11.5 Å². The molecule has 11 nitrogen and oxygen atoms in total. The van der Waals surface area contributed by atoms with Crippen molar-refractivity contribution in [1.82, 2.24) is 25.1 Å². The molecule has 0 fully saturated rings. The maximum atomic E-state index is 13.4. The smallest absolute Gasteiger partial charge is 0.286 e. The van der Waals surface area contributed by atoms with Crippen molar-refractivity contribution in [3.05, 3.63) is 88.5 Å². The number of nitrogens with zero attached hydrogens (tertiary/aromatic N) is 4. The number of hydrogen-bond acceptors (Lipinski definition) is 9. The van der Waals surface area contributed by atoms with Gasteiger partial charge in [0.15, 0.2) is 11.5 Å². The van der Waals surface area contributed by atoms with Crippen molar-refractivity contribution in [3.8, 4) is 22.9 Å². The second-order valence-electron chi connectivity index (χ2n) is 10.3. The zero-order valence-corrected chi connectivity index (χ0v) is 22.6. The molecule has 3 heterocycles. The average Bonchev–Trinajstić information content (AvgIpc) is 3.63. The third-order valence-corrected chi connectivity index (χ3v) is 6.80. The fourth-order valence-electron chi connectivity index (χ4n) is 4.42. The fraction of sp³-hybridized carbons (Fsp3) is 0.310. The van der Waals surface area contributed by atoms with Crippen LogP contribution in [0.3, 0.4) is 0 Å². The maximum Gasteiger partial charge on any atom is 0.286 e. The zero-order chi connectivity index (χ0) is 28.4. The number of nitrogens with one attached hydrogen (secondary N) is 1. The van der Waals surface area contributed by atoms with Gasteiger partial charge in [-0.1, -0.05) is 50.2 Å². The molecule has 40 heavy (non-hydrogen) atoms. The summed E-state index contributed by atoms with van der Waals surface area (Å²) in [5.74, 6) is 0.290. The van der Waals surface area contributed by atoms with Crippen molar-refractivity contribution >= 4 is 11.7 Å². The van der Waals surface area contributed by atoms with E-state index >= 15 is 0 Å². The average molecular weight is 544 g/mol. The van der Waals surface area contributed by atoms with Crippen LogP contribution >= 0.6 is 0 Å². The molecule has 4 aromatic rings. The van der Waals surface area contributed by atoms with E-state index in [0.29, 0.717) is 22.9 Å². The Morgan fingerprint density at radius 3 is 2.52 bits per heavy atom. The van der Waals surface area contributed by atoms with Crippen LogP contribution < -0.4 is 20.3 Å². The van der Waals surface area contributed by atoms with E-state index in [2.05, 4.69) is 20.5 Å². The molecule has 0 spiro atoms. The molecule has 1 atom stereocenters. The SMILES string of the molecule is CC(C)C(NC(=O)Cn1c(-c2ccccc2)nccc1=O)C(=O)c1nnc(C(C)(C)c2ccc3c(c2)OCO3)o1. The Bertz CT molecular complexity index is 1610.